The summed E-state index contributed by atoms with van der Waals surface area (Å²) in [4.78, 5) is 13.0. The Kier molecular flexibility index (Phi) is 4.56. The predicted molar refractivity (Wildman–Crippen MR) is 94.5 cm³/mol. The molecule has 0 aliphatic heterocycles. The first-order valence-electron chi connectivity index (χ1n) is 7.67. The molecule has 3 aromatic rings. The Labute approximate surface area is 140 Å². The van der Waals surface area contributed by atoms with Gasteiger partial charge in [0.25, 0.3) is 0 Å². The lowest BCUT2D eigenvalue weighted by Crippen LogP contribution is -2.08. The van der Waals surface area contributed by atoms with E-state index < -0.39 is 0 Å². The van der Waals surface area contributed by atoms with Gasteiger partial charge in [-0.05, 0) is 43.7 Å². The van der Waals surface area contributed by atoms with E-state index in [0.717, 1.165) is 11.3 Å². The van der Waals surface area contributed by atoms with Crippen molar-refractivity contribution in [3.8, 4) is 5.75 Å². The number of benzene rings is 2. The topological polar surface area (TPSA) is 83.0 Å². The molecule has 122 valence electrons. The molecule has 0 fully saturated rings. The molecule has 3 rings (SSSR count). The van der Waals surface area contributed by atoms with Crippen LogP contribution >= 0.6 is 0 Å². The van der Waals surface area contributed by atoms with E-state index in [9.17, 15) is 5.11 Å². The molecule has 0 saturated carbocycles. The number of rotatable bonds is 5. The summed E-state index contributed by atoms with van der Waals surface area (Å²) in [5, 5.41) is 15.6. The van der Waals surface area contributed by atoms with Gasteiger partial charge in [0.1, 0.15) is 11.6 Å². The Morgan fingerprint density at radius 2 is 1.50 bits per heavy atom. The second-order valence-corrected chi connectivity index (χ2v) is 5.54. The van der Waals surface area contributed by atoms with Crippen molar-refractivity contribution >= 4 is 17.6 Å². The van der Waals surface area contributed by atoms with E-state index >= 15 is 0 Å². The number of nitrogens with zero attached hydrogens (tertiary/aromatic N) is 3. The van der Waals surface area contributed by atoms with Crippen molar-refractivity contribution in [2.75, 3.05) is 10.6 Å². The molecular weight excluding hydrogens is 302 g/mol. The molecule has 0 radical (unpaired) electrons. The molecule has 0 aliphatic carbocycles. The maximum absolute atomic E-state index is 9.33. The first-order valence-corrected chi connectivity index (χ1v) is 7.67. The highest BCUT2D eigenvalue weighted by Gasteiger charge is 2.05. The van der Waals surface area contributed by atoms with Crippen molar-refractivity contribution in [3.63, 3.8) is 0 Å². The van der Waals surface area contributed by atoms with E-state index in [4.69, 9.17) is 0 Å². The molecule has 6 nitrogen and oxygen atoms in total. The number of phenols is 1. The Balaban J connectivity index is 1.71. The fourth-order valence-electron chi connectivity index (χ4n) is 2.18. The minimum atomic E-state index is 0.216. The first-order chi connectivity index (χ1) is 11.6. The normalized spacial score (nSPS) is 10.4. The summed E-state index contributed by atoms with van der Waals surface area (Å²) in [6.45, 7) is 4.52. The van der Waals surface area contributed by atoms with Crippen molar-refractivity contribution in [2.45, 2.75) is 20.4 Å². The highest BCUT2D eigenvalue weighted by atomic mass is 16.3. The maximum Gasteiger partial charge on any atom is 0.232 e. The van der Waals surface area contributed by atoms with Gasteiger partial charge >= 0.3 is 0 Å². The van der Waals surface area contributed by atoms with Crippen LogP contribution in [-0.2, 0) is 6.54 Å². The quantitative estimate of drug-likeness (QED) is 0.623. The highest BCUT2D eigenvalue weighted by molar-refractivity contribution is 5.55. The van der Waals surface area contributed by atoms with Crippen LogP contribution < -0.4 is 10.6 Å². The molecule has 0 saturated heterocycles. The average molecular weight is 321 g/mol. The summed E-state index contributed by atoms with van der Waals surface area (Å²) >= 11 is 0. The van der Waals surface area contributed by atoms with Crippen molar-refractivity contribution in [1.29, 1.82) is 0 Å². The lowest BCUT2D eigenvalue weighted by Gasteiger charge is -2.09. The average Bonchev–Trinajstić information content (AvgIpc) is 2.56. The summed E-state index contributed by atoms with van der Waals surface area (Å²) in [6, 6.07) is 15.0. The molecular formula is C18H19N5O. The summed E-state index contributed by atoms with van der Waals surface area (Å²) in [5.41, 5.74) is 3.18. The molecule has 0 atom stereocenters. The Bertz CT molecular complexity index is 816. The fraction of sp³-hybridized carbons (Fsp3) is 0.167. The van der Waals surface area contributed by atoms with Crippen LogP contribution in [0.2, 0.25) is 0 Å². The van der Waals surface area contributed by atoms with Crippen LogP contribution in [0.1, 0.15) is 17.0 Å². The van der Waals surface area contributed by atoms with Crippen LogP contribution in [0.3, 0.4) is 0 Å². The largest absolute Gasteiger partial charge is 0.508 e. The molecule has 6 heteroatoms. The highest BCUT2D eigenvalue weighted by Crippen LogP contribution is 2.17. The predicted octanol–water partition coefficient (Wildman–Crippen LogP) is 3.55. The number of phenolic OH excluding ortho intramolecular Hbond substituents is 1. The van der Waals surface area contributed by atoms with Gasteiger partial charge in [-0.15, -0.1) is 0 Å². The van der Waals surface area contributed by atoms with Crippen LogP contribution in [0.5, 0.6) is 5.75 Å². The number of aromatic nitrogens is 3. The standard InChI is InChI=1S/C18H19N5O/c1-12-3-5-14(6-4-12)11-19-17-20-13(2)21-18(23-17)22-15-7-9-16(24)10-8-15/h3-10,24H,11H2,1-2H3,(H2,19,20,21,22,23). The van der Waals surface area contributed by atoms with Crippen LogP contribution in [-0.4, -0.2) is 20.1 Å². The molecule has 1 aromatic heterocycles. The molecule has 0 bridgehead atoms. The van der Waals surface area contributed by atoms with Gasteiger partial charge in [0, 0.05) is 12.2 Å². The van der Waals surface area contributed by atoms with Crippen LogP contribution in [0, 0.1) is 13.8 Å². The van der Waals surface area contributed by atoms with Crippen LogP contribution in [0.15, 0.2) is 48.5 Å². The Hall–Kier alpha value is -3.15. The third-order valence-corrected chi connectivity index (χ3v) is 3.44. The fourth-order valence-corrected chi connectivity index (χ4v) is 2.18. The summed E-state index contributed by atoms with van der Waals surface area (Å²) in [6.07, 6.45) is 0. The van der Waals surface area contributed by atoms with E-state index in [0.29, 0.717) is 24.3 Å². The third kappa shape index (κ3) is 4.19. The van der Waals surface area contributed by atoms with E-state index in [1.54, 1.807) is 24.3 Å². The van der Waals surface area contributed by atoms with Gasteiger partial charge in [0.2, 0.25) is 11.9 Å². The molecule has 0 aliphatic rings. The first kappa shape index (κ1) is 15.7. The monoisotopic (exact) mass is 321 g/mol. The minimum Gasteiger partial charge on any atom is -0.508 e. The van der Waals surface area contributed by atoms with Gasteiger partial charge in [-0.2, -0.15) is 15.0 Å². The van der Waals surface area contributed by atoms with Crippen molar-refractivity contribution in [2.24, 2.45) is 0 Å². The maximum atomic E-state index is 9.33. The van der Waals surface area contributed by atoms with Gasteiger partial charge in [0.05, 0.1) is 0 Å². The zero-order valence-electron chi connectivity index (χ0n) is 13.6. The number of nitrogens with one attached hydrogen (secondary N) is 2. The third-order valence-electron chi connectivity index (χ3n) is 3.44. The number of anilines is 3. The van der Waals surface area contributed by atoms with E-state index in [1.165, 1.54) is 5.56 Å². The van der Waals surface area contributed by atoms with Gasteiger partial charge < -0.3 is 15.7 Å². The zero-order valence-corrected chi connectivity index (χ0v) is 13.6. The summed E-state index contributed by atoms with van der Waals surface area (Å²) in [5.74, 6) is 1.81. The number of hydrogen-bond acceptors (Lipinski definition) is 6. The van der Waals surface area contributed by atoms with Gasteiger partial charge in [-0.25, -0.2) is 0 Å². The minimum absolute atomic E-state index is 0.216. The molecule has 2 aromatic carbocycles. The second kappa shape index (κ2) is 6.95. The van der Waals surface area contributed by atoms with Crippen LogP contribution in [0.25, 0.3) is 0 Å². The smallest absolute Gasteiger partial charge is 0.232 e. The van der Waals surface area contributed by atoms with Crippen molar-refractivity contribution < 1.29 is 5.11 Å². The Morgan fingerprint density at radius 3 is 2.21 bits per heavy atom. The van der Waals surface area contributed by atoms with Crippen molar-refractivity contribution in [3.05, 3.63) is 65.5 Å². The summed E-state index contributed by atoms with van der Waals surface area (Å²) in [7, 11) is 0. The van der Waals surface area contributed by atoms with Gasteiger partial charge in [-0.1, -0.05) is 29.8 Å². The molecule has 0 amide bonds. The van der Waals surface area contributed by atoms with Gasteiger partial charge in [0.15, 0.2) is 0 Å². The summed E-state index contributed by atoms with van der Waals surface area (Å²) < 4.78 is 0. The molecule has 0 spiro atoms. The lowest BCUT2D eigenvalue weighted by atomic mass is 10.1. The zero-order chi connectivity index (χ0) is 16.9. The molecule has 24 heavy (non-hydrogen) atoms. The molecule has 0 unspecified atom stereocenters. The van der Waals surface area contributed by atoms with E-state index in [2.05, 4.69) is 56.8 Å². The Morgan fingerprint density at radius 1 is 0.833 bits per heavy atom. The van der Waals surface area contributed by atoms with E-state index in [-0.39, 0.29) is 5.75 Å². The molecule has 3 N–H and O–H groups in total. The number of hydrogen-bond donors (Lipinski definition) is 3. The lowest BCUT2D eigenvalue weighted by molar-refractivity contribution is 0.475. The molecule has 1 heterocycles. The van der Waals surface area contributed by atoms with E-state index in [1.807, 2.05) is 6.92 Å². The van der Waals surface area contributed by atoms with Crippen molar-refractivity contribution in [1.82, 2.24) is 15.0 Å². The SMILES string of the molecule is Cc1ccc(CNc2nc(C)nc(Nc3ccc(O)cc3)n2)cc1. The second-order valence-electron chi connectivity index (χ2n) is 5.54. The number of aromatic hydroxyl groups is 1. The van der Waals surface area contributed by atoms with Gasteiger partial charge in [-0.3, -0.25) is 0 Å². The van der Waals surface area contributed by atoms with Crippen LogP contribution in [0.4, 0.5) is 17.6 Å². The number of aryl methyl sites for hydroxylation is 2.